The van der Waals surface area contributed by atoms with Crippen molar-refractivity contribution in [2.45, 2.75) is 20.0 Å². The van der Waals surface area contributed by atoms with E-state index in [-0.39, 0.29) is 24.8 Å². The number of rotatable bonds is 8. The third kappa shape index (κ3) is 5.50. The van der Waals surface area contributed by atoms with E-state index in [0.29, 0.717) is 18.4 Å². The molecule has 2 N–H and O–H groups in total. The fourth-order valence-corrected chi connectivity index (χ4v) is 1.89. The molecule has 1 unspecified atom stereocenters. The van der Waals surface area contributed by atoms with Gasteiger partial charge >= 0.3 is 0 Å². The monoisotopic (exact) mass is 318 g/mol. The molecule has 0 bridgehead atoms. The molecule has 6 heteroatoms. The molecule has 1 aromatic heterocycles. The highest BCUT2D eigenvalue weighted by atomic mass is 16.5. The Bertz CT molecular complexity index is 610. The number of carbonyl (C=O) groups excluding carboxylic acids is 1. The molecule has 1 amide bonds. The van der Waals surface area contributed by atoms with Crippen LogP contribution in [-0.2, 0) is 4.74 Å². The Labute approximate surface area is 135 Å². The molecule has 0 saturated heterocycles. The number of hydrogen-bond donors (Lipinski definition) is 2. The van der Waals surface area contributed by atoms with Crippen molar-refractivity contribution < 1.29 is 19.1 Å². The second-order valence-electron chi connectivity index (χ2n) is 5.70. The summed E-state index contributed by atoms with van der Waals surface area (Å²) >= 11 is 0. The van der Waals surface area contributed by atoms with Gasteiger partial charge in [-0.15, -0.1) is 0 Å². The van der Waals surface area contributed by atoms with Crippen LogP contribution in [0.3, 0.4) is 0 Å². The molecule has 124 valence electrons. The van der Waals surface area contributed by atoms with E-state index in [0.717, 1.165) is 5.56 Å². The number of aliphatic hydroxyl groups is 1. The number of aromatic nitrogens is 1. The van der Waals surface area contributed by atoms with Gasteiger partial charge in [0.1, 0.15) is 6.26 Å². The van der Waals surface area contributed by atoms with Crippen molar-refractivity contribution in [3.8, 4) is 11.5 Å². The van der Waals surface area contributed by atoms with Gasteiger partial charge in [0, 0.05) is 18.7 Å². The lowest BCUT2D eigenvalue weighted by molar-refractivity contribution is 0.0259. The molecule has 0 aliphatic carbocycles. The van der Waals surface area contributed by atoms with Crippen LogP contribution < -0.4 is 5.32 Å². The van der Waals surface area contributed by atoms with Crippen LogP contribution in [0, 0.1) is 5.92 Å². The molecule has 0 saturated carbocycles. The molecule has 2 rings (SSSR count). The Morgan fingerprint density at radius 1 is 1.30 bits per heavy atom. The van der Waals surface area contributed by atoms with E-state index in [1.807, 2.05) is 44.2 Å². The van der Waals surface area contributed by atoms with Crippen LogP contribution in [0.15, 0.2) is 41.0 Å². The first kappa shape index (κ1) is 17.2. The molecule has 6 nitrogen and oxygen atoms in total. The van der Waals surface area contributed by atoms with Gasteiger partial charge in [-0.25, -0.2) is 4.98 Å². The highest BCUT2D eigenvalue weighted by molar-refractivity contribution is 5.92. The summed E-state index contributed by atoms with van der Waals surface area (Å²) in [6.45, 7) is 4.93. The molecule has 1 atom stereocenters. The minimum atomic E-state index is -0.752. The third-order valence-corrected chi connectivity index (χ3v) is 3.02. The molecular formula is C17H22N2O4. The smallest absolute Gasteiger partial charge is 0.273 e. The summed E-state index contributed by atoms with van der Waals surface area (Å²) in [6, 6.07) is 9.33. The fourth-order valence-electron chi connectivity index (χ4n) is 1.89. The van der Waals surface area contributed by atoms with Crippen LogP contribution in [0.1, 0.15) is 24.3 Å². The lowest BCUT2D eigenvalue weighted by Gasteiger charge is -2.12. The summed E-state index contributed by atoms with van der Waals surface area (Å²) in [4.78, 5) is 16.1. The van der Waals surface area contributed by atoms with Crippen LogP contribution in [0.4, 0.5) is 0 Å². The SMILES string of the molecule is CC(C)COCC(O)CNC(=O)c1coc(-c2ccccc2)n1. The van der Waals surface area contributed by atoms with Crippen molar-refractivity contribution in [2.75, 3.05) is 19.8 Å². The van der Waals surface area contributed by atoms with Gasteiger partial charge in [-0.3, -0.25) is 4.79 Å². The first-order chi connectivity index (χ1) is 11.1. The van der Waals surface area contributed by atoms with E-state index < -0.39 is 6.10 Å². The Balaban J connectivity index is 1.81. The Hall–Kier alpha value is -2.18. The van der Waals surface area contributed by atoms with Crippen molar-refractivity contribution in [1.29, 1.82) is 0 Å². The van der Waals surface area contributed by atoms with Crippen molar-refractivity contribution in [3.05, 3.63) is 42.3 Å². The second-order valence-corrected chi connectivity index (χ2v) is 5.70. The van der Waals surface area contributed by atoms with Crippen molar-refractivity contribution in [1.82, 2.24) is 10.3 Å². The summed E-state index contributed by atoms with van der Waals surface area (Å²) < 4.78 is 10.6. The summed E-state index contributed by atoms with van der Waals surface area (Å²) in [5.41, 5.74) is 0.979. The van der Waals surface area contributed by atoms with Gasteiger partial charge in [0.25, 0.3) is 5.91 Å². The summed E-state index contributed by atoms with van der Waals surface area (Å²) in [5.74, 6) is 0.402. The Morgan fingerprint density at radius 3 is 2.74 bits per heavy atom. The molecule has 0 spiro atoms. The molecule has 0 fully saturated rings. The number of hydrogen-bond acceptors (Lipinski definition) is 5. The number of carbonyl (C=O) groups is 1. The number of benzene rings is 1. The average Bonchev–Trinajstić information content (AvgIpc) is 3.03. The Kier molecular flexibility index (Phi) is 6.31. The minimum absolute atomic E-state index is 0.102. The predicted molar refractivity (Wildman–Crippen MR) is 85.9 cm³/mol. The number of amides is 1. The van der Waals surface area contributed by atoms with Crippen LogP contribution in [0.5, 0.6) is 0 Å². The lowest BCUT2D eigenvalue weighted by Crippen LogP contribution is -2.35. The molecule has 0 aliphatic rings. The summed E-state index contributed by atoms with van der Waals surface area (Å²) in [5, 5.41) is 12.4. The van der Waals surface area contributed by atoms with Crippen LogP contribution in [0.25, 0.3) is 11.5 Å². The van der Waals surface area contributed by atoms with Gasteiger partial charge in [-0.1, -0.05) is 32.0 Å². The fraction of sp³-hybridized carbons (Fsp3) is 0.412. The lowest BCUT2D eigenvalue weighted by atomic mass is 10.2. The van der Waals surface area contributed by atoms with Crippen molar-refractivity contribution in [2.24, 2.45) is 5.92 Å². The molecule has 1 heterocycles. The van der Waals surface area contributed by atoms with E-state index >= 15 is 0 Å². The largest absolute Gasteiger partial charge is 0.444 e. The molecule has 1 aromatic carbocycles. The van der Waals surface area contributed by atoms with Crippen molar-refractivity contribution in [3.63, 3.8) is 0 Å². The normalized spacial score (nSPS) is 12.3. The minimum Gasteiger partial charge on any atom is -0.444 e. The van der Waals surface area contributed by atoms with Crippen LogP contribution in [-0.4, -0.2) is 41.9 Å². The van der Waals surface area contributed by atoms with Gasteiger partial charge in [0.2, 0.25) is 5.89 Å². The van der Waals surface area contributed by atoms with Gasteiger partial charge in [0.05, 0.1) is 12.7 Å². The van der Waals surface area contributed by atoms with Gasteiger partial charge in [-0.2, -0.15) is 0 Å². The first-order valence-corrected chi connectivity index (χ1v) is 7.61. The van der Waals surface area contributed by atoms with E-state index in [1.165, 1.54) is 6.26 Å². The quantitative estimate of drug-likeness (QED) is 0.778. The standard InChI is InChI=1S/C17H22N2O4/c1-12(2)9-22-10-14(20)8-18-16(21)15-11-23-17(19-15)13-6-4-3-5-7-13/h3-7,11-12,14,20H,8-10H2,1-2H3,(H,18,21). The van der Waals surface area contributed by atoms with Crippen LogP contribution in [0.2, 0.25) is 0 Å². The number of ether oxygens (including phenoxy) is 1. The topological polar surface area (TPSA) is 84.6 Å². The third-order valence-electron chi connectivity index (χ3n) is 3.02. The number of nitrogens with one attached hydrogen (secondary N) is 1. The predicted octanol–water partition coefficient (Wildman–Crippen LogP) is 2.10. The van der Waals surface area contributed by atoms with Crippen LogP contribution >= 0.6 is 0 Å². The average molecular weight is 318 g/mol. The molecule has 0 aliphatic heterocycles. The van der Waals surface area contributed by atoms with Crippen molar-refractivity contribution >= 4 is 5.91 Å². The molecular weight excluding hydrogens is 296 g/mol. The first-order valence-electron chi connectivity index (χ1n) is 7.61. The van der Waals surface area contributed by atoms with E-state index in [1.54, 1.807) is 0 Å². The number of nitrogens with zero attached hydrogens (tertiary/aromatic N) is 1. The zero-order valence-corrected chi connectivity index (χ0v) is 13.4. The molecule has 2 aromatic rings. The second kappa shape index (κ2) is 8.45. The number of oxazole rings is 1. The maximum atomic E-state index is 12.0. The maximum absolute atomic E-state index is 12.0. The van der Waals surface area contributed by atoms with E-state index in [4.69, 9.17) is 9.15 Å². The zero-order valence-electron chi connectivity index (χ0n) is 13.4. The maximum Gasteiger partial charge on any atom is 0.273 e. The summed E-state index contributed by atoms with van der Waals surface area (Å²) in [7, 11) is 0. The molecule has 0 radical (unpaired) electrons. The van der Waals surface area contributed by atoms with E-state index in [2.05, 4.69) is 10.3 Å². The zero-order chi connectivity index (χ0) is 16.7. The van der Waals surface area contributed by atoms with Gasteiger partial charge in [0.15, 0.2) is 5.69 Å². The molecule has 23 heavy (non-hydrogen) atoms. The summed E-state index contributed by atoms with van der Waals surface area (Å²) in [6.07, 6.45) is 0.553. The van der Waals surface area contributed by atoms with Gasteiger partial charge in [-0.05, 0) is 18.1 Å². The highest BCUT2D eigenvalue weighted by Gasteiger charge is 2.14. The Morgan fingerprint density at radius 2 is 2.04 bits per heavy atom. The highest BCUT2D eigenvalue weighted by Crippen LogP contribution is 2.17. The number of aliphatic hydroxyl groups excluding tert-OH is 1. The van der Waals surface area contributed by atoms with E-state index in [9.17, 15) is 9.90 Å². The van der Waals surface area contributed by atoms with Gasteiger partial charge < -0.3 is 19.6 Å².